The van der Waals surface area contributed by atoms with Crippen molar-refractivity contribution < 1.29 is 9.53 Å². The summed E-state index contributed by atoms with van der Waals surface area (Å²) in [5.74, 6) is 0.0862. The summed E-state index contributed by atoms with van der Waals surface area (Å²) in [5, 5.41) is 7.93. The molecule has 1 fully saturated rings. The molecule has 1 aromatic heterocycles. The van der Waals surface area contributed by atoms with Crippen molar-refractivity contribution in [1.29, 1.82) is 0 Å². The molecule has 0 spiro atoms. The van der Waals surface area contributed by atoms with E-state index in [2.05, 4.69) is 10.4 Å². The number of aromatic nitrogens is 2. The molecule has 5 nitrogen and oxygen atoms in total. The number of hydrogen-bond acceptors (Lipinski definition) is 4. The number of halogens is 1. The van der Waals surface area contributed by atoms with Crippen molar-refractivity contribution in [3.8, 4) is 11.3 Å². The van der Waals surface area contributed by atoms with Crippen molar-refractivity contribution in [3.05, 3.63) is 59.8 Å². The summed E-state index contributed by atoms with van der Waals surface area (Å²) in [6, 6.07) is 15.8. The van der Waals surface area contributed by atoms with Gasteiger partial charge in [-0.25, -0.2) is 0 Å². The Bertz CT molecular complexity index is 1010. The zero-order valence-electron chi connectivity index (χ0n) is 16.1. The lowest BCUT2D eigenvalue weighted by atomic mass is 9.99. The van der Waals surface area contributed by atoms with Crippen molar-refractivity contribution in [2.75, 3.05) is 18.5 Å². The van der Waals surface area contributed by atoms with E-state index < -0.39 is 0 Å². The average Bonchev–Trinajstić information content (AvgIpc) is 3.16. The molecule has 2 aromatic carbocycles. The fourth-order valence-electron chi connectivity index (χ4n) is 3.37. The minimum absolute atomic E-state index is 0.0223. The Balaban J connectivity index is 1.46. The van der Waals surface area contributed by atoms with Crippen LogP contribution < -0.4 is 5.32 Å². The minimum atomic E-state index is 0.0223. The highest BCUT2D eigenvalue weighted by Gasteiger charge is 2.21. The zero-order chi connectivity index (χ0) is 20.2. The van der Waals surface area contributed by atoms with Gasteiger partial charge >= 0.3 is 0 Å². The standard InChI is InChI=1S/C22H22ClN3O2S/c1-26-20(7-10-24-26)16-5-6-21(19(23)13-16)29-18-4-2-3-17(14-18)25-22(27)15-8-11-28-12-9-15/h2-7,10,13-15H,8-9,11-12H2,1H3,(H,25,27). The molecule has 0 unspecified atom stereocenters. The van der Waals surface area contributed by atoms with Crippen molar-refractivity contribution in [2.24, 2.45) is 13.0 Å². The Morgan fingerprint density at radius 3 is 2.76 bits per heavy atom. The molecule has 2 heterocycles. The summed E-state index contributed by atoms with van der Waals surface area (Å²) in [4.78, 5) is 14.4. The molecule has 0 bridgehead atoms. The molecule has 150 valence electrons. The number of amides is 1. The number of nitrogens with one attached hydrogen (secondary N) is 1. The third-order valence-electron chi connectivity index (χ3n) is 4.97. The third-order valence-corrected chi connectivity index (χ3v) is 6.46. The molecule has 0 saturated carbocycles. The van der Waals surface area contributed by atoms with Crippen molar-refractivity contribution in [1.82, 2.24) is 9.78 Å². The average molecular weight is 428 g/mol. The molecule has 1 amide bonds. The maximum atomic E-state index is 12.5. The molecule has 4 rings (SSSR count). The van der Waals surface area contributed by atoms with Crippen LogP contribution in [0.2, 0.25) is 5.02 Å². The first-order valence-electron chi connectivity index (χ1n) is 9.54. The summed E-state index contributed by atoms with van der Waals surface area (Å²) in [6.45, 7) is 1.31. The first kappa shape index (κ1) is 20.0. The van der Waals surface area contributed by atoms with E-state index >= 15 is 0 Å². The molecule has 1 saturated heterocycles. The quantitative estimate of drug-likeness (QED) is 0.603. The molecule has 1 N–H and O–H groups in total. The minimum Gasteiger partial charge on any atom is -0.381 e. The van der Waals surface area contributed by atoms with E-state index in [0.29, 0.717) is 18.2 Å². The van der Waals surface area contributed by atoms with E-state index in [1.807, 2.05) is 60.3 Å². The van der Waals surface area contributed by atoms with Gasteiger partial charge in [0.2, 0.25) is 5.91 Å². The largest absolute Gasteiger partial charge is 0.381 e. The summed E-state index contributed by atoms with van der Waals surface area (Å²) in [7, 11) is 1.91. The van der Waals surface area contributed by atoms with Gasteiger partial charge in [0.1, 0.15) is 0 Å². The Labute approximate surface area is 179 Å². The first-order valence-corrected chi connectivity index (χ1v) is 10.7. The molecule has 0 radical (unpaired) electrons. The van der Waals surface area contributed by atoms with Crippen LogP contribution in [0.25, 0.3) is 11.3 Å². The van der Waals surface area contributed by atoms with Crippen LogP contribution in [0, 0.1) is 5.92 Å². The van der Waals surface area contributed by atoms with Gasteiger partial charge in [0, 0.05) is 53.4 Å². The van der Waals surface area contributed by atoms with Gasteiger partial charge in [0.15, 0.2) is 0 Å². The number of carbonyl (C=O) groups excluding carboxylic acids is 1. The van der Waals surface area contributed by atoms with Crippen LogP contribution in [0.1, 0.15) is 12.8 Å². The second kappa shape index (κ2) is 9.03. The maximum absolute atomic E-state index is 12.5. The monoisotopic (exact) mass is 427 g/mol. The van der Waals surface area contributed by atoms with Crippen LogP contribution in [-0.2, 0) is 16.6 Å². The number of anilines is 1. The first-order chi connectivity index (χ1) is 14.1. The van der Waals surface area contributed by atoms with Gasteiger partial charge in [0.05, 0.1) is 10.7 Å². The Kier molecular flexibility index (Phi) is 6.23. The Morgan fingerprint density at radius 1 is 1.21 bits per heavy atom. The van der Waals surface area contributed by atoms with E-state index in [4.69, 9.17) is 16.3 Å². The van der Waals surface area contributed by atoms with E-state index in [0.717, 1.165) is 39.6 Å². The number of nitrogens with zero attached hydrogens (tertiary/aromatic N) is 2. The van der Waals surface area contributed by atoms with Crippen LogP contribution in [0.15, 0.2) is 64.5 Å². The van der Waals surface area contributed by atoms with Crippen LogP contribution in [0.4, 0.5) is 5.69 Å². The van der Waals surface area contributed by atoms with E-state index in [1.165, 1.54) is 0 Å². The highest BCUT2D eigenvalue weighted by Crippen LogP contribution is 2.36. The third kappa shape index (κ3) is 4.83. The number of aryl methyl sites for hydroxylation is 1. The molecule has 1 aliphatic heterocycles. The normalized spacial score (nSPS) is 14.7. The van der Waals surface area contributed by atoms with E-state index in [1.54, 1.807) is 18.0 Å². The van der Waals surface area contributed by atoms with Gasteiger partial charge in [-0.2, -0.15) is 5.10 Å². The van der Waals surface area contributed by atoms with Crippen LogP contribution in [0.5, 0.6) is 0 Å². The van der Waals surface area contributed by atoms with Crippen LogP contribution in [0.3, 0.4) is 0 Å². The second-order valence-electron chi connectivity index (χ2n) is 6.99. The molecule has 0 aliphatic carbocycles. The Morgan fingerprint density at radius 2 is 2.03 bits per heavy atom. The number of hydrogen-bond donors (Lipinski definition) is 1. The van der Waals surface area contributed by atoms with E-state index in [-0.39, 0.29) is 11.8 Å². The highest BCUT2D eigenvalue weighted by atomic mass is 35.5. The van der Waals surface area contributed by atoms with Gasteiger partial charge in [-0.1, -0.05) is 35.5 Å². The van der Waals surface area contributed by atoms with Gasteiger partial charge in [0.25, 0.3) is 0 Å². The fraction of sp³-hybridized carbons (Fsp3) is 0.273. The predicted molar refractivity (Wildman–Crippen MR) is 116 cm³/mol. The second-order valence-corrected chi connectivity index (χ2v) is 8.51. The Hall–Kier alpha value is -2.28. The molecule has 3 aromatic rings. The predicted octanol–water partition coefficient (Wildman–Crippen LogP) is 5.26. The van der Waals surface area contributed by atoms with Gasteiger partial charge in [-0.15, -0.1) is 0 Å². The molecular weight excluding hydrogens is 406 g/mol. The maximum Gasteiger partial charge on any atom is 0.227 e. The number of rotatable bonds is 5. The number of benzene rings is 2. The molecule has 7 heteroatoms. The lowest BCUT2D eigenvalue weighted by molar-refractivity contribution is -0.122. The number of ether oxygens (including phenoxy) is 1. The molecule has 0 atom stereocenters. The summed E-state index contributed by atoms with van der Waals surface area (Å²) >= 11 is 8.12. The van der Waals surface area contributed by atoms with Gasteiger partial charge in [-0.05, 0) is 49.2 Å². The molecule has 1 aliphatic rings. The lowest BCUT2D eigenvalue weighted by Gasteiger charge is -2.21. The highest BCUT2D eigenvalue weighted by molar-refractivity contribution is 7.99. The van der Waals surface area contributed by atoms with Crippen LogP contribution in [-0.4, -0.2) is 28.9 Å². The van der Waals surface area contributed by atoms with Crippen LogP contribution >= 0.6 is 23.4 Å². The topological polar surface area (TPSA) is 56.2 Å². The smallest absolute Gasteiger partial charge is 0.227 e. The molecule has 29 heavy (non-hydrogen) atoms. The van der Waals surface area contributed by atoms with Gasteiger partial charge < -0.3 is 10.1 Å². The van der Waals surface area contributed by atoms with Gasteiger partial charge in [-0.3, -0.25) is 9.48 Å². The number of carbonyl (C=O) groups is 1. The van der Waals surface area contributed by atoms with E-state index in [9.17, 15) is 4.79 Å². The van der Waals surface area contributed by atoms with Crippen molar-refractivity contribution in [2.45, 2.75) is 22.6 Å². The lowest BCUT2D eigenvalue weighted by Crippen LogP contribution is -2.28. The van der Waals surface area contributed by atoms with Crippen molar-refractivity contribution in [3.63, 3.8) is 0 Å². The summed E-state index contributed by atoms with van der Waals surface area (Å²) < 4.78 is 7.16. The summed E-state index contributed by atoms with van der Waals surface area (Å²) in [5.41, 5.74) is 2.84. The SMILES string of the molecule is Cn1nccc1-c1ccc(Sc2cccc(NC(=O)C3CCOCC3)c2)c(Cl)c1. The molecular formula is C22H22ClN3O2S. The van der Waals surface area contributed by atoms with Crippen molar-refractivity contribution >= 4 is 35.0 Å². The fourth-order valence-corrected chi connectivity index (χ4v) is 4.54. The summed E-state index contributed by atoms with van der Waals surface area (Å²) in [6.07, 6.45) is 3.32. The zero-order valence-corrected chi connectivity index (χ0v) is 17.7.